The van der Waals surface area contributed by atoms with Crippen molar-refractivity contribution >= 4 is 16.7 Å². The van der Waals surface area contributed by atoms with Gasteiger partial charge >= 0.3 is 0 Å². The highest BCUT2D eigenvalue weighted by Gasteiger charge is 2.20. The molecular formula is C23H18FN3O3. The number of hydrogen-bond acceptors (Lipinski definition) is 4. The van der Waals surface area contributed by atoms with Crippen molar-refractivity contribution in [1.29, 1.82) is 0 Å². The van der Waals surface area contributed by atoms with E-state index in [1.54, 1.807) is 36.4 Å². The first-order valence-electron chi connectivity index (χ1n) is 9.34. The normalized spacial score (nSPS) is 11.8. The molecule has 0 saturated heterocycles. The Hall–Kier alpha value is -4.00. The Bertz CT molecular complexity index is 1240. The van der Waals surface area contributed by atoms with E-state index in [-0.39, 0.29) is 23.6 Å². The minimum absolute atomic E-state index is 0.0119. The third kappa shape index (κ3) is 4.05. The molecule has 4 aromatic rings. The third-order valence-electron chi connectivity index (χ3n) is 4.66. The molecule has 2 N–H and O–H groups in total. The van der Waals surface area contributed by atoms with E-state index in [1.807, 2.05) is 30.3 Å². The van der Waals surface area contributed by atoms with Gasteiger partial charge in [0.15, 0.2) is 17.3 Å². The van der Waals surface area contributed by atoms with E-state index < -0.39 is 17.8 Å². The van der Waals surface area contributed by atoms with Gasteiger partial charge < -0.3 is 10.1 Å². The summed E-state index contributed by atoms with van der Waals surface area (Å²) in [5.41, 5.74) is 0.512. The number of aromatic amines is 1. The fourth-order valence-corrected chi connectivity index (χ4v) is 3.16. The number of aromatic nitrogens is 2. The van der Waals surface area contributed by atoms with Crippen LogP contribution in [0.1, 0.15) is 22.1 Å². The molecule has 0 aliphatic rings. The van der Waals surface area contributed by atoms with Gasteiger partial charge in [-0.25, -0.2) is 9.49 Å². The Morgan fingerprint density at radius 2 is 1.63 bits per heavy atom. The minimum atomic E-state index is -0.564. The molecule has 0 aliphatic heterocycles. The zero-order valence-electron chi connectivity index (χ0n) is 15.8. The molecule has 0 spiro atoms. The number of fused-ring (bicyclic) bond motifs is 1. The number of benzene rings is 3. The minimum Gasteiger partial charge on any atom is -0.488 e. The zero-order chi connectivity index (χ0) is 20.9. The van der Waals surface area contributed by atoms with Crippen LogP contribution in [0.2, 0.25) is 0 Å². The number of rotatable bonds is 6. The van der Waals surface area contributed by atoms with Crippen molar-refractivity contribution in [3.05, 3.63) is 106 Å². The number of hydrogen-bond donors (Lipinski definition) is 2. The fraction of sp³-hybridized carbons (Fsp3) is 0.0870. The van der Waals surface area contributed by atoms with E-state index in [1.165, 1.54) is 12.1 Å². The van der Waals surface area contributed by atoms with Crippen LogP contribution in [0.25, 0.3) is 10.8 Å². The van der Waals surface area contributed by atoms with Gasteiger partial charge in [-0.3, -0.25) is 9.59 Å². The highest BCUT2D eigenvalue weighted by Crippen LogP contribution is 2.20. The van der Waals surface area contributed by atoms with Crippen LogP contribution in [0.3, 0.4) is 0 Å². The molecule has 1 aromatic heterocycles. The van der Waals surface area contributed by atoms with Crippen LogP contribution in [0, 0.1) is 5.82 Å². The Balaban J connectivity index is 1.62. The summed E-state index contributed by atoms with van der Waals surface area (Å²) in [6.45, 7) is 0.0119. The van der Waals surface area contributed by atoms with Crippen LogP contribution in [0.4, 0.5) is 4.39 Å². The summed E-state index contributed by atoms with van der Waals surface area (Å²) < 4.78 is 19.6. The lowest BCUT2D eigenvalue weighted by Crippen LogP contribution is -2.33. The number of carbonyl (C=O) groups excluding carboxylic acids is 1. The van der Waals surface area contributed by atoms with Gasteiger partial charge in [0.25, 0.3) is 11.5 Å². The summed E-state index contributed by atoms with van der Waals surface area (Å²) in [6, 6.07) is 21.5. The molecule has 0 saturated carbocycles. The van der Waals surface area contributed by atoms with Gasteiger partial charge in [0.2, 0.25) is 0 Å². The second-order valence-corrected chi connectivity index (χ2v) is 6.63. The maximum Gasteiger partial charge on any atom is 0.272 e. The lowest BCUT2D eigenvalue weighted by atomic mass is 10.1. The number of para-hydroxylation sites is 1. The van der Waals surface area contributed by atoms with Crippen LogP contribution in [0.15, 0.2) is 83.7 Å². The van der Waals surface area contributed by atoms with E-state index in [9.17, 15) is 14.0 Å². The first-order valence-corrected chi connectivity index (χ1v) is 9.34. The highest BCUT2D eigenvalue weighted by molar-refractivity contribution is 6.04. The highest BCUT2D eigenvalue weighted by atomic mass is 19.1. The average molecular weight is 403 g/mol. The standard InChI is InChI=1S/C23H18FN3O3/c24-18-12-6-7-13-20(18)30-14-19(15-8-2-1-3-9-15)25-23(29)21-16-10-4-5-11-17(16)22(28)27-26-21/h1-13,19H,14H2,(H,25,29)(H,27,28). The molecule has 3 aromatic carbocycles. The van der Waals surface area contributed by atoms with Crippen LogP contribution < -0.4 is 15.6 Å². The molecule has 0 bridgehead atoms. The second-order valence-electron chi connectivity index (χ2n) is 6.63. The zero-order valence-corrected chi connectivity index (χ0v) is 15.8. The molecule has 1 heterocycles. The Labute approximate surface area is 171 Å². The fourth-order valence-electron chi connectivity index (χ4n) is 3.16. The number of halogens is 1. The van der Waals surface area contributed by atoms with Crippen molar-refractivity contribution in [2.24, 2.45) is 0 Å². The summed E-state index contributed by atoms with van der Waals surface area (Å²) in [5, 5.41) is 9.99. The van der Waals surface area contributed by atoms with Crippen molar-refractivity contribution in [2.45, 2.75) is 6.04 Å². The molecular weight excluding hydrogens is 385 g/mol. The Morgan fingerprint density at radius 1 is 0.967 bits per heavy atom. The van der Waals surface area contributed by atoms with Crippen LogP contribution >= 0.6 is 0 Å². The van der Waals surface area contributed by atoms with Crippen molar-refractivity contribution < 1.29 is 13.9 Å². The summed E-state index contributed by atoms with van der Waals surface area (Å²) >= 11 is 0. The lowest BCUT2D eigenvalue weighted by molar-refractivity contribution is 0.0916. The van der Waals surface area contributed by atoms with Gasteiger partial charge in [0.05, 0.1) is 11.4 Å². The smallest absolute Gasteiger partial charge is 0.272 e. The van der Waals surface area contributed by atoms with E-state index in [0.717, 1.165) is 5.56 Å². The molecule has 7 heteroatoms. The summed E-state index contributed by atoms with van der Waals surface area (Å²) in [7, 11) is 0. The van der Waals surface area contributed by atoms with E-state index in [2.05, 4.69) is 15.5 Å². The van der Waals surface area contributed by atoms with Gasteiger partial charge in [0.1, 0.15) is 6.61 Å². The number of H-pyrrole nitrogens is 1. The lowest BCUT2D eigenvalue weighted by Gasteiger charge is -2.20. The first-order chi connectivity index (χ1) is 14.6. The van der Waals surface area contributed by atoms with Crippen molar-refractivity contribution in [3.63, 3.8) is 0 Å². The number of carbonyl (C=O) groups is 1. The van der Waals surface area contributed by atoms with Gasteiger partial charge in [0, 0.05) is 5.39 Å². The van der Waals surface area contributed by atoms with Crippen LogP contribution in [-0.2, 0) is 0 Å². The number of nitrogens with one attached hydrogen (secondary N) is 2. The summed E-state index contributed by atoms with van der Waals surface area (Å²) in [4.78, 5) is 25.0. The number of nitrogens with zero attached hydrogens (tertiary/aromatic N) is 1. The SMILES string of the molecule is O=C(NC(COc1ccccc1F)c1ccccc1)c1n[nH]c(=O)c2ccccc12. The second kappa shape index (κ2) is 8.57. The topological polar surface area (TPSA) is 84.1 Å². The molecule has 30 heavy (non-hydrogen) atoms. The van der Waals surface area contributed by atoms with Crippen LogP contribution in [-0.4, -0.2) is 22.7 Å². The molecule has 4 rings (SSSR count). The van der Waals surface area contributed by atoms with Gasteiger partial charge in [-0.05, 0) is 23.8 Å². The Kier molecular flexibility index (Phi) is 5.52. The van der Waals surface area contributed by atoms with E-state index in [0.29, 0.717) is 10.8 Å². The monoisotopic (exact) mass is 403 g/mol. The Morgan fingerprint density at radius 3 is 2.40 bits per heavy atom. The van der Waals surface area contributed by atoms with E-state index >= 15 is 0 Å². The van der Waals surface area contributed by atoms with Gasteiger partial charge in [-0.15, -0.1) is 0 Å². The molecule has 6 nitrogen and oxygen atoms in total. The molecule has 1 atom stereocenters. The largest absolute Gasteiger partial charge is 0.488 e. The van der Waals surface area contributed by atoms with Crippen molar-refractivity contribution in [2.75, 3.05) is 6.61 Å². The molecule has 0 aliphatic carbocycles. The predicted molar refractivity (Wildman–Crippen MR) is 111 cm³/mol. The van der Waals surface area contributed by atoms with Gasteiger partial charge in [-0.1, -0.05) is 60.7 Å². The van der Waals surface area contributed by atoms with Crippen molar-refractivity contribution in [1.82, 2.24) is 15.5 Å². The van der Waals surface area contributed by atoms with E-state index in [4.69, 9.17) is 4.74 Å². The molecule has 0 radical (unpaired) electrons. The molecule has 0 fully saturated rings. The summed E-state index contributed by atoms with van der Waals surface area (Å²) in [5.74, 6) is -0.863. The van der Waals surface area contributed by atoms with Gasteiger partial charge in [-0.2, -0.15) is 5.10 Å². The maximum atomic E-state index is 13.9. The molecule has 1 unspecified atom stereocenters. The quantitative estimate of drug-likeness (QED) is 0.515. The van der Waals surface area contributed by atoms with Crippen molar-refractivity contribution in [3.8, 4) is 5.75 Å². The number of ether oxygens (including phenoxy) is 1. The van der Waals surface area contributed by atoms with Crippen LogP contribution in [0.5, 0.6) is 5.75 Å². The number of amides is 1. The maximum absolute atomic E-state index is 13.9. The third-order valence-corrected chi connectivity index (χ3v) is 4.66. The average Bonchev–Trinajstić information content (AvgIpc) is 2.78. The predicted octanol–water partition coefficient (Wildman–Crippen LogP) is 3.61. The summed E-state index contributed by atoms with van der Waals surface area (Å²) in [6.07, 6.45) is 0. The molecule has 150 valence electrons. The molecule has 1 amide bonds. The first kappa shape index (κ1) is 19.3.